The number of allylic oxidation sites excluding steroid dienone is 1. The standard InChI is InChI=1S/C16H14O2S.C13H12OS.C3H3ClO/c1-2-16(17)18-12-13-8-10-15(11-9-13)19-14-6-4-3-5-7-14;14-10-11-6-8-13(9-7-11)15-12-4-2-1-3-5-12;1-2-3(4)5/h2-11H,1,12H2;1-9,14H,10H2;2H,1H2. The molecule has 0 aromatic heterocycles. The van der Waals surface area contributed by atoms with Gasteiger partial charge in [-0.25, -0.2) is 4.79 Å². The number of aliphatic hydroxyl groups is 1. The van der Waals surface area contributed by atoms with Gasteiger partial charge in [0.2, 0.25) is 5.24 Å². The van der Waals surface area contributed by atoms with Crippen molar-refractivity contribution < 1.29 is 19.4 Å². The van der Waals surface area contributed by atoms with Crippen LogP contribution in [0.5, 0.6) is 0 Å². The lowest BCUT2D eigenvalue weighted by molar-refractivity contribution is -0.139. The Balaban J connectivity index is 0.000000238. The molecule has 200 valence electrons. The van der Waals surface area contributed by atoms with E-state index in [0.29, 0.717) is 0 Å². The van der Waals surface area contributed by atoms with Crippen molar-refractivity contribution in [2.24, 2.45) is 0 Å². The lowest BCUT2D eigenvalue weighted by atomic mass is 10.2. The first-order valence-electron chi connectivity index (χ1n) is 11.8. The Labute approximate surface area is 243 Å². The van der Waals surface area contributed by atoms with Gasteiger partial charge in [0, 0.05) is 25.7 Å². The molecule has 0 fully saturated rings. The fraction of sp³-hybridized carbons (Fsp3) is 0.0625. The molecule has 0 aliphatic heterocycles. The number of hydrogen-bond acceptors (Lipinski definition) is 6. The van der Waals surface area contributed by atoms with Gasteiger partial charge in [-0.05, 0) is 77.3 Å². The maximum atomic E-state index is 10.9. The van der Waals surface area contributed by atoms with Gasteiger partial charge in [-0.1, -0.05) is 97.3 Å². The fourth-order valence-electron chi connectivity index (χ4n) is 2.78. The molecule has 0 radical (unpaired) electrons. The third-order valence-corrected chi connectivity index (χ3v) is 6.88. The summed E-state index contributed by atoms with van der Waals surface area (Å²) in [6.07, 6.45) is 2.21. The second kappa shape index (κ2) is 18.7. The van der Waals surface area contributed by atoms with Gasteiger partial charge in [-0.15, -0.1) is 0 Å². The van der Waals surface area contributed by atoms with E-state index in [9.17, 15) is 9.59 Å². The molecule has 0 heterocycles. The van der Waals surface area contributed by atoms with Crippen molar-refractivity contribution in [1.82, 2.24) is 0 Å². The summed E-state index contributed by atoms with van der Waals surface area (Å²) >= 11 is 8.13. The molecule has 7 heteroatoms. The Morgan fingerprint density at radius 3 is 1.41 bits per heavy atom. The predicted molar refractivity (Wildman–Crippen MR) is 161 cm³/mol. The first-order chi connectivity index (χ1) is 18.9. The molecule has 0 aliphatic rings. The summed E-state index contributed by atoms with van der Waals surface area (Å²) in [5.74, 6) is -0.400. The smallest absolute Gasteiger partial charge is 0.330 e. The highest BCUT2D eigenvalue weighted by molar-refractivity contribution is 7.99. The number of halogens is 1. The van der Waals surface area contributed by atoms with E-state index in [0.717, 1.165) is 22.1 Å². The minimum atomic E-state index is -0.509. The van der Waals surface area contributed by atoms with Gasteiger partial charge in [0.25, 0.3) is 0 Å². The largest absolute Gasteiger partial charge is 0.458 e. The zero-order valence-corrected chi connectivity index (χ0v) is 23.6. The minimum Gasteiger partial charge on any atom is -0.458 e. The number of rotatable bonds is 9. The molecule has 4 aromatic rings. The van der Waals surface area contributed by atoms with E-state index in [-0.39, 0.29) is 13.2 Å². The second-order valence-electron chi connectivity index (χ2n) is 7.60. The van der Waals surface area contributed by atoms with Crippen LogP contribution in [0.15, 0.2) is 154 Å². The molecule has 4 rings (SSSR count). The van der Waals surface area contributed by atoms with E-state index < -0.39 is 11.2 Å². The Kier molecular flexibility index (Phi) is 15.2. The lowest BCUT2D eigenvalue weighted by Gasteiger charge is -2.04. The summed E-state index contributed by atoms with van der Waals surface area (Å²) in [5, 5.41) is 8.40. The summed E-state index contributed by atoms with van der Waals surface area (Å²) < 4.78 is 4.97. The van der Waals surface area contributed by atoms with Crippen molar-refractivity contribution in [3.05, 3.63) is 146 Å². The molecule has 4 nitrogen and oxygen atoms in total. The van der Waals surface area contributed by atoms with E-state index in [1.165, 1.54) is 20.8 Å². The highest BCUT2D eigenvalue weighted by Gasteiger charge is 2.00. The van der Waals surface area contributed by atoms with Gasteiger partial charge in [0.05, 0.1) is 6.61 Å². The molecule has 0 atom stereocenters. The van der Waals surface area contributed by atoms with Gasteiger partial charge in [0.15, 0.2) is 0 Å². The first-order valence-corrected chi connectivity index (χ1v) is 13.8. The van der Waals surface area contributed by atoms with E-state index in [1.54, 1.807) is 23.5 Å². The summed E-state index contributed by atoms with van der Waals surface area (Å²) in [4.78, 5) is 25.2. The van der Waals surface area contributed by atoms with E-state index in [2.05, 4.69) is 37.4 Å². The Morgan fingerprint density at radius 2 is 1.05 bits per heavy atom. The van der Waals surface area contributed by atoms with Crippen LogP contribution in [0.3, 0.4) is 0 Å². The topological polar surface area (TPSA) is 63.6 Å². The Morgan fingerprint density at radius 1 is 0.667 bits per heavy atom. The van der Waals surface area contributed by atoms with Crippen molar-refractivity contribution in [2.45, 2.75) is 32.8 Å². The van der Waals surface area contributed by atoms with Crippen molar-refractivity contribution in [3.8, 4) is 0 Å². The number of carbonyl (C=O) groups excluding carboxylic acids is 2. The highest BCUT2D eigenvalue weighted by atomic mass is 35.5. The van der Waals surface area contributed by atoms with E-state index >= 15 is 0 Å². The molecule has 0 spiro atoms. The molecule has 39 heavy (non-hydrogen) atoms. The van der Waals surface area contributed by atoms with E-state index in [4.69, 9.17) is 21.4 Å². The van der Waals surface area contributed by atoms with Crippen LogP contribution in [0, 0.1) is 0 Å². The third kappa shape index (κ3) is 13.7. The quantitative estimate of drug-likeness (QED) is 0.123. The van der Waals surface area contributed by atoms with Gasteiger partial charge < -0.3 is 9.84 Å². The number of ether oxygens (including phenoxy) is 1. The Hall–Kier alpha value is -3.55. The number of esters is 1. The van der Waals surface area contributed by atoms with Crippen LogP contribution in [-0.2, 0) is 27.5 Å². The summed E-state index contributed by atoms with van der Waals surface area (Å²) in [6, 6.07) is 36.4. The fourth-order valence-corrected chi connectivity index (χ4v) is 4.45. The van der Waals surface area contributed by atoms with Gasteiger partial charge in [-0.2, -0.15) is 0 Å². The number of aliphatic hydroxyl groups excluding tert-OH is 1. The van der Waals surface area contributed by atoms with Crippen molar-refractivity contribution in [2.75, 3.05) is 0 Å². The zero-order valence-electron chi connectivity index (χ0n) is 21.2. The average Bonchev–Trinajstić information content (AvgIpc) is 2.98. The van der Waals surface area contributed by atoms with Crippen molar-refractivity contribution >= 4 is 46.3 Å². The summed E-state index contributed by atoms with van der Waals surface area (Å²) in [5.41, 5.74) is 1.92. The monoisotopic (exact) mass is 576 g/mol. The van der Waals surface area contributed by atoms with Gasteiger partial charge in [0.1, 0.15) is 6.61 Å². The molecular formula is C32H29ClO4S2. The number of carbonyl (C=O) groups is 2. The maximum Gasteiger partial charge on any atom is 0.330 e. The lowest BCUT2D eigenvalue weighted by Crippen LogP contribution is -1.99. The van der Waals surface area contributed by atoms with Crippen LogP contribution in [0.2, 0.25) is 0 Å². The van der Waals surface area contributed by atoms with Crippen LogP contribution < -0.4 is 0 Å². The summed E-state index contributed by atoms with van der Waals surface area (Å²) in [7, 11) is 0. The zero-order chi connectivity index (χ0) is 28.3. The number of hydrogen-bond donors (Lipinski definition) is 1. The van der Waals surface area contributed by atoms with Crippen molar-refractivity contribution in [1.29, 1.82) is 0 Å². The van der Waals surface area contributed by atoms with Gasteiger partial charge >= 0.3 is 5.97 Å². The predicted octanol–water partition coefficient (Wildman–Crippen LogP) is 8.33. The average molecular weight is 577 g/mol. The maximum absolute atomic E-state index is 10.9. The van der Waals surface area contributed by atoms with E-state index in [1.807, 2.05) is 84.9 Å². The molecule has 0 aliphatic carbocycles. The molecule has 0 unspecified atom stereocenters. The van der Waals surface area contributed by atoms with Crippen LogP contribution in [0.1, 0.15) is 11.1 Å². The SMILES string of the molecule is C=CC(=O)Cl.C=CC(=O)OCc1ccc(Sc2ccccc2)cc1.OCc1ccc(Sc2ccccc2)cc1. The number of benzene rings is 4. The van der Waals surface area contributed by atoms with Crippen LogP contribution in [0.4, 0.5) is 0 Å². The van der Waals surface area contributed by atoms with Crippen LogP contribution >= 0.6 is 35.1 Å². The molecule has 0 bridgehead atoms. The first kappa shape index (κ1) is 31.7. The molecule has 4 aromatic carbocycles. The normalized spacial score (nSPS) is 9.59. The molecule has 0 amide bonds. The molecule has 0 saturated heterocycles. The highest BCUT2D eigenvalue weighted by Crippen LogP contribution is 2.28. The summed E-state index contributed by atoms with van der Waals surface area (Å²) in [6.45, 7) is 6.82. The Bertz CT molecular complexity index is 1290. The molecular weight excluding hydrogens is 548 g/mol. The van der Waals surface area contributed by atoms with Crippen LogP contribution in [-0.4, -0.2) is 16.3 Å². The third-order valence-electron chi connectivity index (χ3n) is 4.70. The van der Waals surface area contributed by atoms with Crippen LogP contribution in [0.25, 0.3) is 0 Å². The van der Waals surface area contributed by atoms with Crippen molar-refractivity contribution in [3.63, 3.8) is 0 Å². The van der Waals surface area contributed by atoms with Gasteiger partial charge in [-0.3, -0.25) is 4.79 Å². The molecule has 1 N–H and O–H groups in total. The second-order valence-corrected chi connectivity index (χ2v) is 10.3. The molecule has 0 saturated carbocycles. The minimum absolute atomic E-state index is 0.107.